The van der Waals surface area contributed by atoms with E-state index in [4.69, 9.17) is 9.84 Å². The topological polar surface area (TPSA) is 133 Å². The lowest BCUT2D eigenvalue weighted by Gasteiger charge is -2.25. The Morgan fingerprint density at radius 3 is 2.33 bits per heavy atom. The Hall–Kier alpha value is -2.59. The number of nitrogens with one attached hydrogen (secondary N) is 1. The van der Waals surface area contributed by atoms with Crippen LogP contribution in [0.4, 0.5) is 8.78 Å². The minimum absolute atomic E-state index is 0.0430. The summed E-state index contributed by atoms with van der Waals surface area (Å²) in [5.41, 5.74) is -4.32. The van der Waals surface area contributed by atoms with Gasteiger partial charge in [0, 0.05) is 6.42 Å². The highest BCUT2D eigenvalue weighted by atomic mass is 19.2. The first kappa shape index (κ1) is 20.7. The fourth-order valence-corrected chi connectivity index (χ4v) is 2.47. The fourth-order valence-electron chi connectivity index (χ4n) is 2.47. The number of aliphatic hydroxyl groups is 2. The number of aliphatic carboxylic acids is 1. The lowest BCUT2D eigenvalue weighted by molar-refractivity contribution is -0.160. The van der Waals surface area contributed by atoms with E-state index < -0.39 is 52.0 Å². The number of benzene rings is 1. The van der Waals surface area contributed by atoms with Crippen LogP contribution in [0.15, 0.2) is 6.07 Å². The molecule has 2 rings (SSSR count). The number of aromatic nitrogens is 2. The summed E-state index contributed by atoms with van der Waals surface area (Å²) in [6.45, 7) is 5.20. The van der Waals surface area contributed by atoms with E-state index in [-0.39, 0.29) is 17.8 Å². The molecule has 1 atom stereocenters. The van der Waals surface area contributed by atoms with Gasteiger partial charge in [-0.05, 0) is 33.8 Å². The summed E-state index contributed by atoms with van der Waals surface area (Å²) in [5.74, 6) is -5.50. The number of halogens is 2. The van der Waals surface area contributed by atoms with Crippen LogP contribution in [0.5, 0.6) is 0 Å². The van der Waals surface area contributed by atoms with E-state index in [0.29, 0.717) is 6.07 Å². The van der Waals surface area contributed by atoms with Crippen LogP contribution in [0, 0.1) is 11.6 Å². The van der Waals surface area contributed by atoms with Gasteiger partial charge in [0.25, 0.3) is 0 Å². The van der Waals surface area contributed by atoms with Crippen molar-refractivity contribution >= 4 is 23.0 Å². The molecule has 0 aliphatic heterocycles. The van der Waals surface area contributed by atoms with Gasteiger partial charge in [0.1, 0.15) is 16.9 Å². The zero-order valence-electron chi connectivity index (χ0n) is 15.1. The predicted octanol–water partition coefficient (Wildman–Crippen LogP) is 1.54. The van der Waals surface area contributed by atoms with E-state index in [9.17, 15) is 28.6 Å². The Bertz CT molecular complexity index is 895. The Labute approximate surface area is 152 Å². The number of hydrogen-bond acceptors (Lipinski definition) is 6. The van der Waals surface area contributed by atoms with Gasteiger partial charge in [0.05, 0.1) is 16.7 Å². The van der Waals surface area contributed by atoms with Gasteiger partial charge in [0.2, 0.25) is 6.10 Å². The monoisotopic (exact) mass is 386 g/mol. The molecule has 1 aromatic carbocycles. The van der Waals surface area contributed by atoms with Crippen molar-refractivity contribution in [2.45, 2.75) is 51.4 Å². The highest BCUT2D eigenvalue weighted by Crippen LogP contribution is 2.26. The van der Waals surface area contributed by atoms with Gasteiger partial charge in [-0.1, -0.05) is 0 Å². The van der Waals surface area contributed by atoms with Gasteiger partial charge in [-0.15, -0.1) is 0 Å². The van der Waals surface area contributed by atoms with Crippen molar-refractivity contribution in [3.8, 4) is 0 Å². The minimum atomic E-state index is -1.94. The molecule has 148 valence electrons. The van der Waals surface area contributed by atoms with Gasteiger partial charge in [-0.3, -0.25) is 0 Å². The first-order valence-corrected chi connectivity index (χ1v) is 7.96. The van der Waals surface area contributed by atoms with Gasteiger partial charge >= 0.3 is 11.9 Å². The second-order valence-electron chi connectivity index (χ2n) is 7.39. The third kappa shape index (κ3) is 4.58. The van der Waals surface area contributed by atoms with Crippen LogP contribution in [0.3, 0.4) is 0 Å². The van der Waals surface area contributed by atoms with Crippen LogP contribution in [0.25, 0.3) is 11.0 Å². The third-order valence-corrected chi connectivity index (χ3v) is 3.62. The van der Waals surface area contributed by atoms with Gasteiger partial charge in [-0.25, -0.2) is 23.4 Å². The molecule has 10 heteroatoms. The maximum atomic E-state index is 14.1. The van der Waals surface area contributed by atoms with Crippen molar-refractivity contribution < 1.29 is 38.4 Å². The molecule has 0 spiro atoms. The van der Waals surface area contributed by atoms with Crippen LogP contribution in [-0.4, -0.2) is 54.5 Å². The van der Waals surface area contributed by atoms with Gasteiger partial charge in [0.15, 0.2) is 11.6 Å². The lowest BCUT2D eigenvalue weighted by atomic mass is 10.0. The molecule has 0 amide bonds. The van der Waals surface area contributed by atoms with E-state index in [1.54, 1.807) is 0 Å². The molecule has 1 unspecified atom stereocenters. The molecule has 0 saturated carbocycles. The van der Waals surface area contributed by atoms with Crippen LogP contribution < -0.4 is 0 Å². The van der Waals surface area contributed by atoms with E-state index in [0.717, 1.165) is 13.8 Å². The highest BCUT2D eigenvalue weighted by molar-refractivity contribution is 6.03. The van der Waals surface area contributed by atoms with Crippen molar-refractivity contribution in [3.63, 3.8) is 0 Å². The summed E-state index contributed by atoms with van der Waals surface area (Å²) in [7, 11) is 0. The first-order chi connectivity index (χ1) is 12.2. The number of ether oxygens (including phenoxy) is 1. The second-order valence-corrected chi connectivity index (χ2v) is 7.39. The first-order valence-electron chi connectivity index (χ1n) is 7.96. The lowest BCUT2D eigenvalue weighted by Crippen LogP contribution is -2.45. The van der Waals surface area contributed by atoms with Crippen LogP contribution in [0.1, 0.15) is 43.9 Å². The highest BCUT2D eigenvalue weighted by Gasteiger charge is 2.38. The summed E-state index contributed by atoms with van der Waals surface area (Å²) in [4.78, 5) is 30.1. The Kier molecular flexibility index (Phi) is 5.26. The number of hydrogen-bond donors (Lipinski definition) is 4. The van der Waals surface area contributed by atoms with E-state index in [1.165, 1.54) is 13.8 Å². The Morgan fingerprint density at radius 2 is 1.85 bits per heavy atom. The van der Waals surface area contributed by atoms with Crippen LogP contribution in [-0.2, 0) is 16.0 Å². The summed E-state index contributed by atoms with van der Waals surface area (Å²) in [6, 6.07) is 0.551. The number of nitrogens with zero attached hydrogens (tertiary/aromatic N) is 1. The Balaban J connectivity index is 2.52. The average molecular weight is 386 g/mol. The molecule has 27 heavy (non-hydrogen) atoms. The molecule has 0 saturated heterocycles. The van der Waals surface area contributed by atoms with Gasteiger partial charge < -0.3 is 25.0 Å². The minimum Gasteiger partial charge on any atom is -0.478 e. The van der Waals surface area contributed by atoms with Gasteiger partial charge in [-0.2, -0.15) is 0 Å². The van der Waals surface area contributed by atoms with E-state index in [2.05, 4.69) is 9.97 Å². The molecule has 0 fully saturated rings. The number of rotatable bonds is 6. The largest absolute Gasteiger partial charge is 0.478 e. The van der Waals surface area contributed by atoms with Crippen LogP contribution >= 0.6 is 0 Å². The van der Waals surface area contributed by atoms with Crippen molar-refractivity contribution in [3.05, 3.63) is 29.1 Å². The molecule has 1 aromatic heterocycles. The fraction of sp³-hybridized carbons (Fsp3) is 0.471. The number of fused-ring (bicyclic) bond motifs is 1. The number of esters is 1. The number of H-pyrrole nitrogens is 1. The van der Waals surface area contributed by atoms with Crippen molar-refractivity contribution in [1.82, 2.24) is 9.97 Å². The molecular formula is C17H20F2N2O6. The Morgan fingerprint density at radius 1 is 1.26 bits per heavy atom. The second kappa shape index (κ2) is 6.86. The van der Waals surface area contributed by atoms with Crippen molar-refractivity contribution in [2.24, 2.45) is 0 Å². The summed E-state index contributed by atoms with van der Waals surface area (Å²) in [5, 5.41) is 28.8. The van der Waals surface area contributed by atoms with Crippen molar-refractivity contribution in [2.75, 3.05) is 0 Å². The summed E-state index contributed by atoms with van der Waals surface area (Å²) >= 11 is 0. The molecule has 0 aliphatic rings. The molecule has 4 N–H and O–H groups in total. The van der Waals surface area contributed by atoms with E-state index >= 15 is 0 Å². The number of aromatic amines is 1. The maximum Gasteiger partial charge on any atom is 0.348 e. The number of imidazole rings is 1. The smallest absolute Gasteiger partial charge is 0.348 e. The molecule has 2 aromatic rings. The van der Waals surface area contributed by atoms with Crippen LogP contribution in [0.2, 0.25) is 0 Å². The molecular weight excluding hydrogens is 366 g/mol. The average Bonchev–Trinajstić information content (AvgIpc) is 2.88. The number of carboxylic acids is 1. The standard InChI is InChI=1S/C17H20F2N2O6/c1-16(2,25)6-9-20-11-7(5-8(18)10(19)12(11)21-9)15(24)27-13(14(22)23)17(3,4)26/h5,13,25-26H,6H2,1-4H3,(H,20,21)(H,22,23). The number of carbonyl (C=O) groups excluding carboxylic acids is 1. The quantitative estimate of drug-likeness (QED) is 0.554. The zero-order chi connectivity index (χ0) is 20.7. The predicted molar refractivity (Wildman–Crippen MR) is 89.1 cm³/mol. The molecule has 8 nitrogen and oxygen atoms in total. The maximum absolute atomic E-state index is 14.1. The molecule has 1 heterocycles. The number of carboxylic acid groups (broad SMARTS) is 1. The van der Waals surface area contributed by atoms with E-state index in [1.807, 2.05) is 0 Å². The molecule has 0 radical (unpaired) electrons. The normalized spacial score (nSPS) is 13.6. The summed E-state index contributed by atoms with van der Waals surface area (Å²) in [6.07, 6.45) is -1.98. The third-order valence-electron chi connectivity index (χ3n) is 3.62. The van der Waals surface area contributed by atoms with Crippen molar-refractivity contribution in [1.29, 1.82) is 0 Å². The SMILES string of the molecule is CC(C)(O)Cc1nc2c(F)c(F)cc(C(=O)OC(C(=O)O)C(C)(C)O)c2[nH]1. The summed E-state index contributed by atoms with van der Waals surface area (Å²) < 4.78 is 32.8. The molecule has 0 bridgehead atoms. The zero-order valence-corrected chi connectivity index (χ0v) is 15.1. The molecule has 0 aliphatic carbocycles. The number of carbonyl (C=O) groups is 2.